The average Bonchev–Trinajstić information content (AvgIpc) is 2.92. The maximum atomic E-state index is 11.9. The molecule has 0 saturated heterocycles. The third kappa shape index (κ3) is 2.72. The Kier molecular flexibility index (Phi) is 3.80. The van der Waals surface area contributed by atoms with Crippen LogP contribution in [0.15, 0.2) is 59.2 Å². The zero-order chi connectivity index (χ0) is 14.8. The van der Waals surface area contributed by atoms with Crippen molar-refractivity contribution in [2.75, 3.05) is 7.11 Å². The van der Waals surface area contributed by atoms with Crippen molar-refractivity contribution in [1.29, 1.82) is 0 Å². The van der Waals surface area contributed by atoms with E-state index in [-0.39, 0.29) is 5.97 Å². The molecule has 0 unspecified atom stereocenters. The normalized spacial score (nSPS) is 10.8. The lowest BCUT2D eigenvalue weighted by Crippen LogP contribution is -2.06. The van der Waals surface area contributed by atoms with Gasteiger partial charge in [0.1, 0.15) is 0 Å². The van der Waals surface area contributed by atoms with Gasteiger partial charge in [-0.15, -0.1) is 0 Å². The molecule has 1 heterocycles. The van der Waals surface area contributed by atoms with E-state index >= 15 is 0 Å². The standard InChI is InChI=1S/C17H14BrNO2/c1-21-17(20)15-4-2-3-13-9-10-19(16(13)15)11-12-5-7-14(18)8-6-12/h2-10H,11H2,1H3. The van der Waals surface area contributed by atoms with Crippen LogP contribution in [0.1, 0.15) is 15.9 Å². The van der Waals surface area contributed by atoms with Crippen LogP contribution < -0.4 is 0 Å². The number of rotatable bonds is 3. The van der Waals surface area contributed by atoms with Crippen molar-refractivity contribution < 1.29 is 9.53 Å². The topological polar surface area (TPSA) is 31.2 Å². The van der Waals surface area contributed by atoms with E-state index in [1.807, 2.05) is 36.5 Å². The van der Waals surface area contributed by atoms with E-state index in [0.29, 0.717) is 12.1 Å². The highest BCUT2D eigenvalue weighted by Crippen LogP contribution is 2.22. The molecule has 0 radical (unpaired) electrons. The summed E-state index contributed by atoms with van der Waals surface area (Å²) in [5.41, 5.74) is 2.68. The average molecular weight is 344 g/mol. The number of hydrogen-bond acceptors (Lipinski definition) is 2. The number of halogens is 1. The minimum Gasteiger partial charge on any atom is -0.465 e. The summed E-state index contributed by atoms with van der Waals surface area (Å²) in [6, 6.07) is 15.9. The number of nitrogens with zero attached hydrogens (tertiary/aromatic N) is 1. The third-order valence-electron chi connectivity index (χ3n) is 3.46. The first kappa shape index (κ1) is 13.9. The van der Waals surface area contributed by atoms with Gasteiger partial charge in [-0.25, -0.2) is 4.79 Å². The number of methoxy groups -OCH3 is 1. The van der Waals surface area contributed by atoms with E-state index in [2.05, 4.69) is 32.6 Å². The van der Waals surface area contributed by atoms with Gasteiger partial charge in [-0.3, -0.25) is 0 Å². The first-order chi connectivity index (χ1) is 10.2. The molecule has 0 N–H and O–H groups in total. The molecule has 106 valence electrons. The van der Waals surface area contributed by atoms with Crippen molar-refractivity contribution in [3.05, 3.63) is 70.3 Å². The Hall–Kier alpha value is -2.07. The molecule has 0 aliphatic rings. The number of esters is 1. The van der Waals surface area contributed by atoms with Crippen LogP contribution >= 0.6 is 15.9 Å². The van der Waals surface area contributed by atoms with E-state index < -0.39 is 0 Å². The molecular weight excluding hydrogens is 330 g/mol. The molecule has 0 amide bonds. The van der Waals surface area contributed by atoms with E-state index in [0.717, 1.165) is 15.4 Å². The lowest BCUT2D eigenvalue weighted by atomic mass is 10.1. The second-order valence-electron chi connectivity index (χ2n) is 4.81. The van der Waals surface area contributed by atoms with Gasteiger partial charge in [-0.05, 0) is 29.8 Å². The summed E-state index contributed by atoms with van der Waals surface area (Å²) in [6.07, 6.45) is 2.00. The fourth-order valence-corrected chi connectivity index (χ4v) is 2.72. The summed E-state index contributed by atoms with van der Waals surface area (Å²) in [5, 5.41) is 1.04. The predicted octanol–water partition coefficient (Wildman–Crippen LogP) is 4.24. The molecule has 0 saturated carbocycles. The van der Waals surface area contributed by atoms with Crippen LogP contribution in [0.25, 0.3) is 10.9 Å². The number of ether oxygens (including phenoxy) is 1. The summed E-state index contributed by atoms with van der Waals surface area (Å²) in [5.74, 6) is -0.309. The monoisotopic (exact) mass is 343 g/mol. The van der Waals surface area contributed by atoms with Gasteiger partial charge in [0.2, 0.25) is 0 Å². The number of carbonyl (C=O) groups excluding carboxylic acids is 1. The Morgan fingerprint density at radius 3 is 2.62 bits per heavy atom. The van der Waals surface area contributed by atoms with Gasteiger partial charge in [0, 0.05) is 22.6 Å². The lowest BCUT2D eigenvalue weighted by Gasteiger charge is -2.09. The predicted molar refractivity (Wildman–Crippen MR) is 86.5 cm³/mol. The summed E-state index contributed by atoms with van der Waals surface area (Å²) < 4.78 is 8.00. The fraction of sp³-hybridized carbons (Fsp3) is 0.118. The molecule has 0 aliphatic carbocycles. The van der Waals surface area contributed by atoms with Gasteiger partial charge in [-0.2, -0.15) is 0 Å². The fourth-order valence-electron chi connectivity index (χ4n) is 2.45. The third-order valence-corrected chi connectivity index (χ3v) is 3.99. The molecule has 4 heteroatoms. The minimum atomic E-state index is -0.309. The van der Waals surface area contributed by atoms with Crippen molar-refractivity contribution in [1.82, 2.24) is 4.57 Å². The quantitative estimate of drug-likeness (QED) is 0.666. The van der Waals surface area contributed by atoms with Crippen LogP contribution in [0.3, 0.4) is 0 Å². The lowest BCUT2D eigenvalue weighted by molar-refractivity contribution is 0.0602. The van der Waals surface area contributed by atoms with Gasteiger partial charge in [0.25, 0.3) is 0 Å². The number of carbonyl (C=O) groups is 1. The maximum Gasteiger partial charge on any atom is 0.340 e. The molecule has 0 fully saturated rings. The van der Waals surface area contributed by atoms with Crippen molar-refractivity contribution in [3.63, 3.8) is 0 Å². The highest BCUT2D eigenvalue weighted by atomic mass is 79.9. The summed E-state index contributed by atoms with van der Waals surface area (Å²) >= 11 is 3.44. The first-order valence-electron chi connectivity index (χ1n) is 6.59. The molecule has 3 rings (SSSR count). The number of hydrogen-bond donors (Lipinski definition) is 0. The van der Waals surface area contributed by atoms with Crippen LogP contribution in [0.2, 0.25) is 0 Å². The number of aromatic nitrogens is 1. The summed E-state index contributed by atoms with van der Waals surface area (Å²) in [6.45, 7) is 0.713. The Balaban J connectivity index is 2.06. The van der Waals surface area contributed by atoms with Gasteiger partial charge < -0.3 is 9.30 Å². The Morgan fingerprint density at radius 2 is 1.90 bits per heavy atom. The van der Waals surface area contributed by atoms with Crippen molar-refractivity contribution in [2.24, 2.45) is 0 Å². The zero-order valence-electron chi connectivity index (χ0n) is 11.5. The Morgan fingerprint density at radius 1 is 1.14 bits per heavy atom. The molecule has 21 heavy (non-hydrogen) atoms. The van der Waals surface area contributed by atoms with Crippen molar-refractivity contribution in [2.45, 2.75) is 6.54 Å². The van der Waals surface area contributed by atoms with Crippen molar-refractivity contribution in [3.8, 4) is 0 Å². The van der Waals surface area contributed by atoms with Gasteiger partial charge in [0.05, 0.1) is 18.2 Å². The van der Waals surface area contributed by atoms with Gasteiger partial charge >= 0.3 is 5.97 Å². The van der Waals surface area contributed by atoms with Crippen LogP contribution in [-0.4, -0.2) is 17.6 Å². The van der Waals surface area contributed by atoms with E-state index in [9.17, 15) is 4.79 Å². The molecule has 0 aliphatic heterocycles. The van der Waals surface area contributed by atoms with Gasteiger partial charge in [0.15, 0.2) is 0 Å². The summed E-state index contributed by atoms with van der Waals surface area (Å²) in [4.78, 5) is 11.9. The summed E-state index contributed by atoms with van der Waals surface area (Å²) in [7, 11) is 1.41. The van der Waals surface area contributed by atoms with Crippen LogP contribution in [0.5, 0.6) is 0 Å². The second kappa shape index (κ2) is 5.74. The molecule has 0 atom stereocenters. The number of para-hydroxylation sites is 1. The van der Waals surface area contributed by atoms with E-state index in [4.69, 9.17) is 4.74 Å². The molecule has 2 aromatic carbocycles. The van der Waals surface area contributed by atoms with Crippen LogP contribution in [0.4, 0.5) is 0 Å². The largest absolute Gasteiger partial charge is 0.465 e. The zero-order valence-corrected chi connectivity index (χ0v) is 13.1. The van der Waals surface area contributed by atoms with Crippen LogP contribution in [-0.2, 0) is 11.3 Å². The minimum absolute atomic E-state index is 0.309. The molecule has 3 nitrogen and oxygen atoms in total. The SMILES string of the molecule is COC(=O)c1cccc2ccn(Cc3ccc(Br)cc3)c12. The van der Waals surface area contributed by atoms with Crippen molar-refractivity contribution >= 4 is 32.8 Å². The Labute approximate surface area is 131 Å². The highest BCUT2D eigenvalue weighted by molar-refractivity contribution is 9.10. The number of benzene rings is 2. The smallest absolute Gasteiger partial charge is 0.340 e. The highest BCUT2D eigenvalue weighted by Gasteiger charge is 2.13. The van der Waals surface area contributed by atoms with E-state index in [1.54, 1.807) is 6.07 Å². The Bertz CT molecular complexity index is 790. The molecular formula is C17H14BrNO2. The van der Waals surface area contributed by atoms with Gasteiger partial charge in [-0.1, -0.05) is 40.2 Å². The molecule has 1 aromatic heterocycles. The van der Waals surface area contributed by atoms with Crippen LogP contribution in [0, 0.1) is 0 Å². The van der Waals surface area contributed by atoms with E-state index in [1.165, 1.54) is 12.7 Å². The first-order valence-corrected chi connectivity index (χ1v) is 7.39. The second-order valence-corrected chi connectivity index (χ2v) is 5.72. The number of fused-ring (bicyclic) bond motifs is 1. The molecule has 3 aromatic rings. The maximum absolute atomic E-state index is 11.9. The molecule has 0 bridgehead atoms. The molecule has 0 spiro atoms.